The Morgan fingerprint density at radius 1 is 1.06 bits per heavy atom. The second kappa shape index (κ2) is 10.5. The van der Waals surface area contributed by atoms with Crippen molar-refractivity contribution in [2.24, 2.45) is 0 Å². The lowest BCUT2D eigenvalue weighted by molar-refractivity contribution is 0.0600. The minimum Gasteiger partial charge on any atom is -0.497 e. The summed E-state index contributed by atoms with van der Waals surface area (Å²) in [5.41, 5.74) is 3.42. The molecular formula is C25H25NO6S2. The Balaban J connectivity index is 1.53. The van der Waals surface area contributed by atoms with E-state index >= 15 is 0 Å². The fraction of sp³-hybridized carbons (Fsp3) is 0.240. The first-order valence-electron chi connectivity index (χ1n) is 10.6. The molecule has 0 radical (unpaired) electrons. The number of thioether (sulfide) groups is 1. The summed E-state index contributed by atoms with van der Waals surface area (Å²) in [5, 5.41) is -0.135. The summed E-state index contributed by atoms with van der Waals surface area (Å²) in [6.07, 6.45) is 0. The van der Waals surface area contributed by atoms with Gasteiger partial charge in [0.25, 0.3) is 0 Å². The molecule has 1 aliphatic heterocycles. The predicted molar refractivity (Wildman–Crippen MR) is 131 cm³/mol. The van der Waals surface area contributed by atoms with Gasteiger partial charge in [-0.15, -0.1) is 11.8 Å². The molecule has 0 saturated heterocycles. The van der Waals surface area contributed by atoms with E-state index in [0.29, 0.717) is 29.4 Å². The molecule has 9 heteroatoms. The molecule has 3 aromatic rings. The van der Waals surface area contributed by atoms with Crippen molar-refractivity contribution in [2.45, 2.75) is 16.8 Å². The molecule has 1 heterocycles. The van der Waals surface area contributed by atoms with Crippen LogP contribution in [0.2, 0.25) is 0 Å². The van der Waals surface area contributed by atoms with Gasteiger partial charge in [0.2, 0.25) is 10.0 Å². The fourth-order valence-electron chi connectivity index (χ4n) is 3.74. The van der Waals surface area contributed by atoms with E-state index < -0.39 is 16.0 Å². The monoisotopic (exact) mass is 499 g/mol. The molecule has 1 N–H and O–H groups in total. The lowest BCUT2D eigenvalue weighted by atomic mass is 9.98. The largest absolute Gasteiger partial charge is 0.497 e. The number of rotatable bonds is 8. The molecule has 0 bridgehead atoms. The van der Waals surface area contributed by atoms with Crippen LogP contribution in [0.1, 0.15) is 32.3 Å². The molecule has 7 nitrogen and oxygen atoms in total. The number of sulfonamides is 1. The van der Waals surface area contributed by atoms with E-state index in [4.69, 9.17) is 14.2 Å². The van der Waals surface area contributed by atoms with Gasteiger partial charge in [-0.1, -0.05) is 24.3 Å². The first-order valence-corrected chi connectivity index (χ1v) is 13.1. The van der Waals surface area contributed by atoms with Crippen molar-refractivity contribution in [1.82, 2.24) is 4.72 Å². The van der Waals surface area contributed by atoms with Gasteiger partial charge >= 0.3 is 5.97 Å². The van der Waals surface area contributed by atoms with Crippen molar-refractivity contribution in [2.75, 3.05) is 26.5 Å². The number of methoxy groups -OCH3 is 2. The molecule has 1 aliphatic rings. The Bertz CT molecular complexity index is 1270. The molecule has 0 aromatic heterocycles. The second-order valence-electron chi connectivity index (χ2n) is 7.56. The number of hydrogen-bond donors (Lipinski definition) is 1. The highest BCUT2D eigenvalue weighted by molar-refractivity contribution is 7.99. The average molecular weight is 500 g/mol. The SMILES string of the molecule is COC(=O)c1ccc2c(c1)C(SCCNS(=O)(=O)c1ccc(OC)cc1)c1ccccc1CO2. The number of hydrogen-bond acceptors (Lipinski definition) is 7. The van der Waals surface area contributed by atoms with Crippen LogP contribution in [-0.2, 0) is 21.4 Å². The molecule has 178 valence electrons. The number of benzene rings is 3. The topological polar surface area (TPSA) is 90.9 Å². The standard InChI is InChI=1S/C25H25NO6S2/c1-30-19-8-10-20(11-9-19)34(28,29)26-13-14-33-24-21-6-4-3-5-18(21)16-32-23-12-7-17(15-22(23)24)25(27)31-2/h3-12,15,24,26H,13-14,16H2,1-2H3. The zero-order valence-electron chi connectivity index (χ0n) is 18.8. The van der Waals surface area contributed by atoms with Crippen molar-refractivity contribution in [3.63, 3.8) is 0 Å². The van der Waals surface area contributed by atoms with Crippen molar-refractivity contribution in [1.29, 1.82) is 0 Å². The maximum atomic E-state index is 12.7. The van der Waals surface area contributed by atoms with E-state index in [-0.39, 0.29) is 16.7 Å². The van der Waals surface area contributed by atoms with Gasteiger partial charge < -0.3 is 14.2 Å². The molecule has 4 rings (SSSR count). The van der Waals surface area contributed by atoms with Gasteiger partial charge in [-0.05, 0) is 53.6 Å². The first kappa shape index (κ1) is 24.1. The first-order chi connectivity index (χ1) is 16.4. The van der Waals surface area contributed by atoms with Crippen molar-refractivity contribution >= 4 is 27.8 Å². The van der Waals surface area contributed by atoms with Crippen LogP contribution in [0.4, 0.5) is 0 Å². The molecule has 3 aromatic carbocycles. The van der Waals surface area contributed by atoms with Crippen LogP contribution in [0.3, 0.4) is 0 Å². The van der Waals surface area contributed by atoms with E-state index in [1.165, 1.54) is 26.4 Å². The van der Waals surface area contributed by atoms with Crippen LogP contribution < -0.4 is 14.2 Å². The lowest BCUT2D eigenvalue weighted by Crippen LogP contribution is -2.26. The molecule has 0 spiro atoms. The van der Waals surface area contributed by atoms with Crippen molar-refractivity contribution in [3.8, 4) is 11.5 Å². The number of carbonyl (C=O) groups is 1. The fourth-order valence-corrected chi connectivity index (χ4v) is 6.13. The minimum absolute atomic E-state index is 0.135. The molecule has 0 saturated carbocycles. The Hall–Kier alpha value is -3.01. The van der Waals surface area contributed by atoms with Gasteiger partial charge in [-0.25, -0.2) is 17.9 Å². The zero-order valence-corrected chi connectivity index (χ0v) is 20.4. The minimum atomic E-state index is -3.64. The van der Waals surface area contributed by atoms with Crippen LogP contribution in [-0.4, -0.2) is 40.9 Å². The van der Waals surface area contributed by atoms with Gasteiger partial charge in [0.15, 0.2) is 0 Å². The molecular weight excluding hydrogens is 474 g/mol. The van der Waals surface area contributed by atoms with Gasteiger partial charge in [-0.2, -0.15) is 0 Å². The summed E-state index contributed by atoms with van der Waals surface area (Å²) >= 11 is 1.59. The number of nitrogens with one attached hydrogen (secondary N) is 1. The Kier molecular flexibility index (Phi) is 7.45. The van der Waals surface area contributed by atoms with E-state index in [2.05, 4.69) is 4.72 Å². The number of fused-ring (bicyclic) bond motifs is 2. The summed E-state index contributed by atoms with van der Waals surface area (Å²) in [7, 11) is -0.765. The Morgan fingerprint density at radius 3 is 2.56 bits per heavy atom. The summed E-state index contributed by atoms with van der Waals surface area (Å²) in [5.74, 6) is 1.38. The van der Waals surface area contributed by atoms with Crippen molar-refractivity contribution < 1.29 is 27.4 Å². The molecule has 0 fully saturated rings. The summed E-state index contributed by atoms with van der Waals surface area (Å²) in [6.45, 7) is 0.659. The van der Waals surface area contributed by atoms with Crippen molar-refractivity contribution in [3.05, 3.63) is 89.0 Å². The van der Waals surface area contributed by atoms with Gasteiger partial charge in [0.1, 0.15) is 18.1 Å². The van der Waals surface area contributed by atoms with Gasteiger partial charge in [0, 0.05) is 17.9 Å². The zero-order chi connectivity index (χ0) is 24.1. The summed E-state index contributed by atoms with van der Waals surface area (Å²) in [6, 6.07) is 19.5. The summed E-state index contributed by atoms with van der Waals surface area (Å²) < 4.78 is 44.0. The number of esters is 1. The Labute approximate surface area is 203 Å². The van der Waals surface area contributed by atoms with E-state index in [1.807, 2.05) is 24.3 Å². The summed E-state index contributed by atoms with van der Waals surface area (Å²) in [4.78, 5) is 12.3. The highest BCUT2D eigenvalue weighted by Crippen LogP contribution is 2.44. The highest BCUT2D eigenvalue weighted by atomic mass is 32.2. The van der Waals surface area contributed by atoms with Crippen LogP contribution in [0, 0.1) is 0 Å². The third-order valence-corrected chi connectivity index (χ3v) is 8.24. The van der Waals surface area contributed by atoms with Gasteiger partial charge in [0.05, 0.1) is 29.9 Å². The number of ether oxygens (including phenoxy) is 3. The molecule has 1 unspecified atom stereocenters. The van der Waals surface area contributed by atoms with Crippen LogP contribution in [0.25, 0.3) is 0 Å². The second-order valence-corrected chi connectivity index (χ2v) is 10.5. The Morgan fingerprint density at radius 2 is 1.82 bits per heavy atom. The molecule has 0 aliphatic carbocycles. The lowest BCUT2D eigenvalue weighted by Gasteiger charge is -2.19. The third-order valence-electron chi connectivity index (χ3n) is 5.48. The van der Waals surface area contributed by atoms with E-state index in [1.54, 1.807) is 42.1 Å². The van der Waals surface area contributed by atoms with Gasteiger partial charge in [-0.3, -0.25) is 0 Å². The molecule has 1 atom stereocenters. The number of carbonyl (C=O) groups excluding carboxylic acids is 1. The van der Waals surface area contributed by atoms with Crippen LogP contribution in [0.5, 0.6) is 11.5 Å². The van der Waals surface area contributed by atoms with E-state index in [9.17, 15) is 13.2 Å². The smallest absolute Gasteiger partial charge is 0.337 e. The maximum Gasteiger partial charge on any atom is 0.337 e. The molecule has 0 amide bonds. The maximum absolute atomic E-state index is 12.7. The highest BCUT2D eigenvalue weighted by Gasteiger charge is 2.26. The average Bonchev–Trinajstić information content (AvgIpc) is 3.02. The van der Waals surface area contributed by atoms with Crippen LogP contribution in [0.15, 0.2) is 71.6 Å². The van der Waals surface area contributed by atoms with Crippen LogP contribution >= 0.6 is 11.8 Å². The molecule has 34 heavy (non-hydrogen) atoms. The quantitative estimate of drug-likeness (QED) is 0.367. The third kappa shape index (κ3) is 5.22. The predicted octanol–water partition coefficient (Wildman–Crippen LogP) is 4.18. The normalized spacial score (nSPS) is 14.8. The van der Waals surface area contributed by atoms with E-state index in [0.717, 1.165) is 16.7 Å².